The Kier molecular flexibility index (Phi) is 5.97. The molecule has 2 heterocycles. The molecule has 0 bridgehead atoms. The Labute approximate surface area is 165 Å². The van der Waals surface area contributed by atoms with Gasteiger partial charge in [-0.3, -0.25) is 9.89 Å². The van der Waals surface area contributed by atoms with Crippen molar-refractivity contribution in [2.24, 2.45) is 5.14 Å². The topological polar surface area (TPSA) is 144 Å². The number of nitrogens with zero attached hydrogens (tertiary/aromatic N) is 2. The molecule has 1 amide bonds. The molecule has 0 unspecified atom stereocenters. The molecule has 0 aliphatic carbocycles. The lowest BCUT2D eigenvalue weighted by Gasteiger charge is -2.05. The lowest BCUT2D eigenvalue weighted by Crippen LogP contribution is -2.15. The highest BCUT2D eigenvalue weighted by atomic mass is 32.2. The number of hydrogen-bond acceptors (Lipinski definition) is 7. The summed E-state index contributed by atoms with van der Waals surface area (Å²) in [6.07, 6.45) is 3.49. The second-order valence-corrected chi connectivity index (χ2v) is 8.20. The third-order valence-corrected chi connectivity index (χ3v) is 5.22. The van der Waals surface area contributed by atoms with Crippen LogP contribution in [0.15, 0.2) is 50.9 Å². The Bertz CT molecular complexity index is 1100. The van der Waals surface area contributed by atoms with E-state index in [1.54, 1.807) is 12.2 Å². The average Bonchev–Trinajstić information content (AvgIpc) is 3.26. The molecule has 146 valence electrons. The summed E-state index contributed by atoms with van der Waals surface area (Å²) in [5.41, 5.74) is 0.463. The molecule has 0 spiro atoms. The Morgan fingerprint density at radius 2 is 2.00 bits per heavy atom. The third kappa shape index (κ3) is 5.55. The van der Waals surface area contributed by atoms with Crippen LogP contribution >= 0.6 is 11.8 Å². The molecule has 0 atom stereocenters. The van der Waals surface area contributed by atoms with Crippen molar-refractivity contribution in [1.29, 1.82) is 0 Å². The Balaban J connectivity index is 1.51. The number of nitrogens with two attached hydrogens (primary N) is 1. The van der Waals surface area contributed by atoms with E-state index in [-0.39, 0.29) is 16.6 Å². The normalized spacial score (nSPS) is 11.8. The maximum atomic E-state index is 12.0. The number of thioether (sulfide) groups is 1. The first-order valence-corrected chi connectivity index (χ1v) is 10.6. The molecule has 0 aliphatic heterocycles. The minimum Gasteiger partial charge on any atom is -0.462 e. The number of sulfonamides is 1. The number of aromatic amines is 1. The number of hydrogen-bond donors (Lipinski definition) is 3. The van der Waals surface area contributed by atoms with Gasteiger partial charge in [0.25, 0.3) is 0 Å². The van der Waals surface area contributed by atoms with E-state index in [4.69, 9.17) is 9.56 Å². The van der Waals surface area contributed by atoms with Gasteiger partial charge in [-0.25, -0.2) is 18.5 Å². The van der Waals surface area contributed by atoms with Crippen LogP contribution in [0.2, 0.25) is 0 Å². The number of rotatable bonds is 7. The molecule has 0 saturated heterocycles. The maximum Gasteiger partial charge on any atom is 0.238 e. The molecule has 3 rings (SSSR count). The number of amides is 1. The van der Waals surface area contributed by atoms with Gasteiger partial charge in [0.2, 0.25) is 21.1 Å². The molecule has 1 aromatic carbocycles. The SMILES string of the molecule is Cc1ccc(/C=C/c2nc(SCC(=O)Nc3ccc(S(N)(=O)=O)cc3)n[nH]2)o1. The number of benzene rings is 1. The summed E-state index contributed by atoms with van der Waals surface area (Å²) >= 11 is 1.16. The van der Waals surface area contributed by atoms with Gasteiger partial charge in [0.05, 0.1) is 10.6 Å². The monoisotopic (exact) mass is 419 g/mol. The van der Waals surface area contributed by atoms with Gasteiger partial charge in [0, 0.05) is 5.69 Å². The minimum atomic E-state index is -3.76. The number of aryl methyl sites for hydroxylation is 1. The predicted octanol–water partition coefficient (Wildman–Crippen LogP) is 2.25. The molecular weight excluding hydrogens is 402 g/mol. The van der Waals surface area contributed by atoms with Crippen molar-refractivity contribution < 1.29 is 17.6 Å². The Hall–Kier alpha value is -2.89. The summed E-state index contributed by atoms with van der Waals surface area (Å²) in [5, 5.41) is 14.9. The Morgan fingerprint density at radius 1 is 1.25 bits per heavy atom. The van der Waals surface area contributed by atoms with Crippen LogP contribution in [0.1, 0.15) is 17.3 Å². The molecule has 0 saturated carbocycles. The van der Waals surface area contributed by atoms with E-state index < -0.39 is 10.0 Å². The highest BCUT2D eigenvalue weighted by Crippen LogP contribution is 2.16. The summed E-state index contributed by atoms with van der Waals surface area (Å²) in [4.78, 5) is 16.3. The predicted molar refractivity (Wildman–Crippen MR) is 106 cm³/mol. The van der Waals surface area contributed by atoms with Gasteiger partial charge < -0.3 is 9.73 Å². The summed E-state index contributed by atoms with van der Waals surface area (Å²) in [5.74, 6) is 1.88. The van der Waals surface area contributed by atoms with Crippen LogP contribution in [0, 0.1) is 6.92 Å². The molecule has 28 heavy (non-hydrogen) atoms. The zero-order valence-electron chi connectivity index (χ0n) is 14.7. The number of nitrogens with one attached hydrogen (secondary N) is 2. The zero-order valence-corrected chi connectivity index (χ0v) is 16.4. The van der Waals surface area contributed by atoms with Crippen LogP contribution in [0.25, 0.3) is 12.2 Å². The van der Waals surface area contributed by atoms with Gasteiger partial charge in [-0.05, 0) is 55.5 Å². The van der Waals surface area contributed by atoms with Gasteiger partial charge in [0.15, 0.2) is 0 Å². The fourth-order valence-electron chi connectivity index (χ4n) is 2.16. The van der Waals surface area contributed by atoms with Crippen molar-refractivity contribution in [2.75, 3.05) is 11.1 Å². The van der Waals surface area contributed by atoms with Gasteiger partial charge in [-0.1, -0.05) is 11.8 Å². The van der Waals surface area contributed by atoms with E-state index in [0.717, 1.165) is 17.5 Å². The molecule has 9 nitrogen and oxygen atoms in total. The van der Waals surface area contributed by atoms with Crippen LogP contribution < -0.4 is 10.5 Å². The molecular formula is C17H17N5O4S2. The number of carbonyl (C=O) groups is 1. The number of furan rings is 1. The summed E-state index contributed by atoms with van der Waals surface area (Å²) in [6, 6.07) is 9.29. The van der Waals surface area contributed by atoms with E-state index in [2.05, 4.69) is 20.5 Å². The second-order valence-electron chi connectivity index (χ2n) is 5.69. The maximum absolute atomic E-state index is 12.0. The van der Waals surface area contributed by atoms with Crippen LogP contribution in [0.4, 0.5) is 5.69 Å². The van der Waals surface area contributed by atoms with Crippen LogP contribution in [-0.4, -0.2) is 35.3 Å². The molecule has 4 N–H and O–H groups in total. The minimum absolute atomic E-state index is 0.0223. The molecule has 2 aromatic heterocycles. The number of anilines is 1. The van der Waals surface area contributed by atoms with E-state index in [1.165, 1.54) is 24.3 Å². The number of aromatic nitrogens is 3. The summed E-state index contributed by atoms with van der Waals surface area (Å²) in [7, 11) is -3.76. The largest absolute Gasteiger partial charge is 0.462 e. The smallest absolute Gasteiger partial charge is 0.238 e. The highest BCUT2D eigenvalue weighted by Gasteiger charge is 2.10. The van der Waals surface area contributed by atoms with E-state index in [9.17, 15) is 13.2 Å². The first-order valence-electron chi connectivity index (χ1n) is 8.02. The van der Waals surface area contributed by atoms with E-state index in [1.807, 2.05) is 19.1 Å². The molecule has 0 aliphatic rings. The van der Waals surface area contributed by atoms with E-state index in [0.29, 0.717) is 22.4 Å². The summed E-state index contributed by atoms with van der Waals surface area (Å²) < 4.78 is 27.9. The Morgan fingerprint density at radius 3 is 2.64 bits per heavy atom. The van der Waals surface area contributed by atoms with Crippen molar-refractivity contribution >= 4 is 45.5 Å². The average molecular weight is 419 g/mol. The zero-order chi connectivity index (χ0) is 20.1. The first-order chi connectivity index (χ1) is 13.3. The fraction of sp³-hybridized carbons (Fsp3) is 0.118. The number of primary sulfonamides is 1. The molecule has 11 heteroatoms. The van der Waals surface area contributed by atoms with Gasteiger partial charge in [-0.2, -0.15) is 0 Å². The van der Waals surface area contributed by atoms with E-state index >= 15 is 0 Å². The number of H-pyrrole nitrogens is 1. The van der Waals surface area contributed by atoms with Gasteiger partial charge in [0.1, 0.15) is 17.3 Å². The summed E-state index contributed by atoms with van der Waals surface area (Å²) in [6.45, 7) is 1.86. The lowest BCUT2D eigenvalue weighted by atomic mass is 10.3. The highest BCUT2D eigenvalue weighted by molar-refractivity contribution is 7.99. The molecule has 0 fully saturated rings. The number of carbonyl (C=O) groups excluding carboxylic acids is 1. The van der Waals surface area contributed by atoms with Crippen LogP contribution in [0.5, 0.6) is 0 Å². The van der Waals surface area contributed by atoms with Gasteiger partial charge >= 0.3 is 0 Å². The third-order valence-electron chi connectivity index (χ3n) is 3.45. The van der Waals surface area contributed by atoms with Crippen molar-refractivity contribution in [1.82, 2.24) is 15.2 Å². The fourth-order valence-corrected chi connectivity index (χ4v) is 3.28. The van der Waals surface area contributed by atoms with Crippen molar-refractivity contribution in [2.45, 2.75) is 17.0 Å². The quantitative estimate of drug-likeness (QED) is 0.498. The lowest BCUT2D eigenvalue weighted by molar-refractivity contribution is -0.113. The molecule has 3 aromatic rings. The van der Waals surface area contributed by atoms with Crippen molar-refractivity contribution in [3.8, 4) is 0 Å². The van der Waals surface area contributed by atoms with Crippen molar-refractivity contribution in [3.05, 3.63) is 53.7 Å². The standard InChI is InChI=1S/C17H17N5O4S2/c1-11-2-5-13(26-11)6-9-15-20-17(22-21-15)27-10-16(23)19-12-3-7-14(8-4-12)28(18,24)25/h2-9H,10H2,1H3,(H,19,23)(H2,18,24,25)(H,20,21,22)/b9-6+. The van der Waals surface area contributed by atoms with Gasteiger partial charge in [-0.15, -0.1) is 5.10 Å². The van der Waals surface area contributed by atoms with Crippen LogP contribution in [0.3, 0.4) is 0 Å². The molecule has 0 radical (unpaired) electrons. The second kappa shape index (κ2) is 8.42. The van der Waals surface area contributed by atoms with Crippen molar-refractivity contribution in [3.63, 3.8) is 0 Å². The first kappa shape index (κ1) is 19.9. The van der Waals surface area contributed by atoms with Crippen LogP contribution in [-0.2, 0) is 14.8 Å².